The van der Waals surface area contributed by atoms with Crippen LogP contribution in [0.15, 0.2) is 4.99 Å². The summed E-state index contributed by atoms with van der Waals surface area (Å²) in [6.45, 7) is 5.05. The maximum atomic E-state index is 10.1. The first-order valence-corrected chi connectivity index (χ1v) is 7.07. The zero-order valence-electron chi connectivity index (χ0n) is 11.2. The molecule has 5 heteroatoms. The van der Waals surface area contributed by atoms with Crippen molar-refractivity contribution in [2.75, 3.05) is 26.2 Å². The van der Waals surface area contributed by atoms with Crippen molar-refractivity contribution in [2.24, 2.45) is 4.99 Å². The van der Waals surface area contributed by atoms with Gasteiger partial charge in [0.2, 0.25) is 0 Å². The van der Waals surface area contributed by atoms with E-state index in [0.717, 1.165) is 57.7 Å². The van der Waals surface area contributed by atoms with E-state index in [1.807, 2.05) is 6.92 Å². The van der Waals surface area contributed by atoms with Crippen molar-refractivity contribution in [3.8, 4) is 0 Å². The Morgan fingerprint density at radius 2 is 2.06 bits per heavy atom. The molecule has 0 radical (unpaired) electrons. The van der Waals surface area contributed by atoms with Crippen LogP contribution in [-0.2, 0) is 0 Å². The first-order valence-electron chi connectivity index (χ1n) is 7.07. The van der Waals surface area contributed by atoms with Crippen molar-refractivity contribution in [1.82, 2.24) is 10.2 Å². The number of rotatable bonds is 3. The molecule has 1 heterocycles. The van der Waals surface area contributed by atoms with Crippen LogP contribution in [0.3, 0.4) is 0 Å². The van der Waals surface area contributed by atoms with Gasteiger partial charge in [-0.25, -0.2) is 0 Å². The lowest BCUT2D eigenvalue weighted by atomic mass is 9.80. The Kier molecular flexibility index (Phi) is 4.45. The fraction of sp³-hybridized carbons (Fsp3) is 0.923. The largest absolute Gasteiger partial charge is 0.393 e. The van der Waals surface area contributed by atoms with E-state index in [4.69, 9.17) is 0 Å². The van der Waals surface area contributed by atoms with Gasteiger partial charge in [0.15, 0.2) is 5.96 Å². The number of aliphatic hydroxyl groups is 2. The standard InChI is InChI=1S/C13H25N3O2/c1-2-14-12(15-10-13(18)6-3-7-13)16-8-4-11(17)5-9-16/h11,17-18H,2-10H2,1H3,(H,14,15). The van der Waals surface area contributed by atoms with E-state index in [1.54, 1.807) is 0 Å². The topological polar surface area (TPSA) is 68.1 Å². The summed E-state index contributed by atoms with van der Waals surface area (Å²) in [5.74, 6) is 0.879. The molecule has 0 aromatic heterocycles. The van der Waals surface area contributed by atoms with Gasteiger partial charge in [0.1, 0.15) is 0 Å². The van der Waals surface area contributed by atoms with E-state index in [2.05, 4.69) is 15.2 Å². The van der Waals surface area contributed by atoms with Gasteiger partial charge in [-0.3, -0.25) is 4.99 Å². The average Bonchev–Trinajstić information content (AvgIpc) is 2.33. The summed E-state index contributed by atoms with van der Waals surface area (Å²) in [7, 11) is 0. The van der Waals surface area contributed by atoms with Crippen LogP contribution in [0, 0.1) is 0 Å². The summed E-state index contributed by atoms with van der Waals surface area (Å²) in [6.07, 6.45) is 4.28. The molecule has 104 valence electrons. The van der Waals surface area contributed by atoms with E-state index in [0.29, 0.717) is 6.54 Å². The first kappa shape index (κ1) is 13.6. The van der Waals surface area contributed by atoms with Gasteiger partial charge < -0.3 is 20.4 Å². The second-order valence-corrected chi connectivity index (χ2v) is 5.47. The van der Waals surface area contributed by atoms with E-state index >= 15 is 0 Å². The molecule has 2 aliphatic rings. The Morgan fingerprint density at radius 1 is 1.39 bits per heavy atom. The number of piperidine rings is 1. The molecule has 1 saturated carbocycles. The number of nitrogens with one attached hydrogen (secondary N) is 1. The Labute approximate surface area is 109 Å². The first-order chi connectivity index (χ1) is 8.63. The monoisotopic (exact) mass is 255 g/mol. The third-order valence-corrected chi connectivity index (χ3v) is 3.91. The molecule has 3 N–H and O–H groups in total. The van der Waals surface area contributed by atoms with E-state index < -0.39 is 5.60 Å². The van der Waals surface area contributed by atoms with Crippen LogP contribution in [0.1, 0.15) is 39.0 Å². The minimum atomic E-state index is -0.560. The van der Waals surface area contributed by atoms with Gasteiger partial charge >= 0.3 is 0 Å². The number of hydrogen-bond donors (Lipinski definition) is 3. The van der Waals surface area contributed by atoms with Crippen LogP contribution in [0.5, 0.6) is 0 Å². The van der Waals surface area contributed by atoms with Crippen molar-refractivity contribution in [1.29, 1.82) is 0 Å². The van der Waals surface area contributed by atoms with Gasteiger partial charge in [0.05, 0.1) is 18.2 Å². The molecule has 2 fully saturated rings. The van der Waals surface area contributed by atoms with Crippen LogP contribution in [0.25, 0.3) is 0 Å². The van der Waals surface area contributed by atoms with Gasteiger partial charge in [-0.15, -0.1) is 0 Å². The molecule has 0 amide bonds. The second-order valence-electron chi connectivity index (χ2n) is 5.47. The van der Waals surface area contributed by atoms with Gasteiger partial charge in [0.25, 0.3) is 0 Å². The molecule has 0 aromatic rings. The summed E-state index contributed by atoms with van der Waals surface area (Å²) >= 11 is 0. The number of nitrogens with zero attached hydrogens (tertiary/aromatic N) is 2. The number of aliphatic hydroxyl groups excluding tert-OH is 1. The molecule has 2 rings (SSSR count). The summed E-state index contributed by atoms with van der Waals surface area (Å²) in [5.41, 5.74) is -0.560. The predicted octanol–water partition coefficient (Wildman–Crippen LogP) is 0.324. The molecule has 1 aliphatic heterocycles. The van der Waals surface area contributed by atoms with Crippen molar-refractivity contribution >= 4 is 5.96 Å². The Hall–Kier alpha value is -0.810. The lowest BCUT2D eigenvalue weighted by Gasteiger charge is -2.36. The van der Waals surface area contributed by atoms with Crippen LogP contribution in [0.4, 0.5) is 0 Å². The van der Waals surface area contributed by atoms with E-state index in [1.165, 1.54) is 0 Å². The highest BCUT2D eigenvalue weighted by atomic mass is 16.3. The Bertz CT molecular complexity index is 295. The van der Waals surface area contributed by atoms with Crippen molar-refractivity contribution in [3.63, 3.8) is 0 Å². The molecule has 0 bridgehead atoms. The second kappa shape index (κ2) is 5.89. The van der Waals surface area contributed by atoms with Crippen LogP contribution >= 0.6 is 0 Å². The summed E-state index contributed by atoms with van der Waals surface area (Å²) in [5, 5.41) is 22.9. The van der Waals surface area contributed by atoms with E-state index in [-0.39, 0.29) is 6.10 Å². The molecule has 1 saturated heterocycles. The maximum absolute atomic E-state index is 10.1. The van der Waals surface area contributed by atoms with E-state index in [9.17, 15) is 10.2 Å². The molecular formula is C13H25N3O2. The van der Waals surface area contributed by atoms with Gasteiger partial charge in [-0.2, -0.15) is 0 Å². The quantitative estimate of drug-likeness (QED) is 0.502. The third-order valence-electron chi connectivity index (χ3n) is 3.91. The minimum Gasteiger partial charge on any atom is -0.393 e. The van der Waals surface area contributed by atoms with Gasteiger partial charge in [0, 0.05) is 19.6 Å². The highest BCUT2D eigenvalue weighted by Gasteiger charge is 2.34. The smallest absolute Gasteiger partial charge is 0.194 e. The fourth-order valence-corrected chi connectivity index (χ4v) is 2.47. The number of aliphatic imine (C=N–C) groups is 1. The predicted molar refractivity (Wildman–Crippen MR) is 71.6 cm³/mol. The van der Waals surface area contributed by atoms with Crippen molar-refractivity contribution in [3.05, 3.63) is 0 Å². The highest BCUT2D eigenvalue weighted by Crippen LogP contribution is 2.31. The fourth-order valence-electron chi connectivity index (χ4n) is 2.47. The Morgan fingerprint density at radius 3 is 2.56 bits per heavy atom. The zero-order chi connectivity index (χ0) is 13.0. The lowest BCUT2D eigenvalue weighted by molar-refractivity contribution is -0.0238. The number of hydrogen-bond acceptors (Lipinski definition) is 3. The van der Waals surface area contributed by atoms with Crippen LogP contribution in [0.2, 0.25) is 0 Å². The SMILES string of the molecule is CCNC(=NCC1(O)CCC1)N1CCC(O)CC1. The Balaban J connectivity index is 1.91. The lowest BCUT2D eigenvalue weighted by Crippen LogP contribution is -2.48. The number of likely N-dealkylation sites (tertiary alicyclic amines) is 1. The summed E-state index contributed by atoms with van der Waals surface area (Å²) < 4.78 is 0. The van der Waals surface area contributed by atoms with Crippen molar-refractivity contribution < 1.29 is 10.2 Å². The average molecular weight is 255 g/mol. The molecule has 18 heavy (non-hydrogen) atoms. The minimum absolute atomic E-state index is 0.167. The highest BCUT2D eigenvalue weighted by molar-refractivity contribution is 5.80. The van der Waals surface area contributed by atoms with Crippen LogP contribution in [-0.4, -0.2) is 59.0 Å². The molecule has 0 unspecified atom stereocenters. The molecule has 0 aromatic carbocycles. The number of guanidine groups is 1. The molecular weight excluding hydrogens is 230 g/mol. The normalized spacial score (nSPS) is 24.8. The van der Waals surface area contributed by atoms with Gasteiger partial charge in [-0.1, -0.05) is 0 Å². The summed E-state index contributed by atoms with van der Waals surface area (Å²) in [6, 6.07) is 0. The third kappa shape index (κ3) is 3.36. The molecule has 1 aliphatic carbocycles. The van der Waals surface area contributed by atoms with Gasteiger partial charge in [-0.05, 0) is 39.0 Å². The summed E-state index contributed by atoms with van der Waals surface area (Å²) in [4.78, 5) is 6.73. The zero-order valence-corrected chi connectivity index (χ0v) is 11.2. The molecule has 5 nitrogen and oxygen atoms in total. The molecule has 0 spiro atoms. The van der Waals surface area contributed by atoms with Crippen molar-refractivity contribution in [2.45, 2.75) is 50.7 Å². The molecule has 0 atom stereocenters. The van der Waals surface area contributed by atoms with Crippen LogP contribution < -0.4 is 5.32 Å². The maximum Gasteiger partial charge on any atom is 0.194 e.